The predicted molar refractivity (Wildman–Crippen MR) is 71.6 cm³/mol. The zero-order valence-corrected chi connectivity index (χ0v) is 10.7. The Balaban J connectivity index is 2.18. The first kappa shape index (κ1) is 10.8. The lowest BCUT2D eigenvalue weighted by atomic mass is 9.65. The molecular weight excluding hydrogens is 208 g/mol. The summed E-state index contributed by atoms with van der Waals surface area (Å²) in [6.07, 6.45) is 6.19. The van der Waals surface area contributed by atoms with Crippen molar-refractivity contribution in [2.24, 2.45) is 0 Å². The summed E-state index contributed by atoms with van der Waals surface area (Å²) in [5.41, 5.74) is 4.65. The van der Waals surface area contributed by atoms with Crippen molar-refractivity contribution in [2.45, 2.75) is 31.6 Å². The highest BCUT2D eigenvalue weighted by Crippen LogP contribution is 2.45. The van der Waals surface area contributed by atoms with E-state index in [0.717, 1.165) is 6.54 Å². The van der Waals surface area contributed by atoms with Crippen LogP contribution in [0.15, 0.2) is 30.5 Å². The second-order valence-electron chi connectivity index (χ2n) is 5.34. The quantitative estimate of drug-likeness (QED) is 0.854. The number of nitrogens with one attached hydrogen (secondary N) is 1. The van der Waals surface area contributed by atoms with Crippen LogP contribution in [-0.4, -0.2) is 18.0 Å². The van der Waals surface area contributed by atoms with Gasteiger partial charge in [-0.25, -0.2) is 0 Å². The lowest BCUT2D eigenvalue weighted by Crippen LogP contribution is -2.44. The molecule has 0 bridgehead atoms. The molecule has 3 rings (SSSR count). The van der Waals surface area contributed by atoms with Gasteiger partial charge in [0.2, 0.25) is 0 Å². The van der Waals surface area contributed by atoms with E-state index in [0.29, 0.717) is 5.41 Å². The highest BCUT2D eigenvalue weighted by Gasteiger charge is 2.40. The largest absolute Gasteiger partial charge is 0.320 e. The summed E-state index contributed by atoms with van der Waals surface area (Å²) >= 11 is 0. The maximum absolute atomic E-state index is 3.38. The Morgan fingerprint density at radius 3 is 2.82 bits per heavy atom. The molecule has 1 fully saturated rings. The van der Waals surface area contributed by atoms with Crippen LogP contribution in [0.25, 0.3) is 5.52 Å². The van der Waals surface area contributed by atoms with E-state index in [1.165, 1.54) is 36.0 Å². The Morgan fingerprint density at radius 1 is 1.35 bits per heavy atom. The molecule has 0 aliphatic heterocycles. The number of fused-ring (bicyclic) bond motifs is 1. The van der Waals surface area contributed by atoms with Crippen molar-refractivity contribution in [3.8, 4) is 0 Å². The van der Waals surface area contributed by atoms with Crippen LogP contribution in [0.4, 0.5) is 0 Å². The van der Waals surface area contributed by atoms with E-state index < -0.39 is 0 Å². The van der Waals surface area contributed by atoms with Crippen LogP contribution in [-0.2, 0) is 5.41 Å². The summed E-state index contributed by atoms with van der Waals surface area (Å²) in [4.78, 5) is 0. The summed E-state index contributed by atoms with van der Waals surface area (Å²) < 4.78 is 2.38. The molecule has 0 saturated heterocycles. The topological polar surface area (TPSA) is 16.4 Å². The number of pyridine rings is 1. The molecule has 0 atom stereocenters. The van der Waals surface area contributed by atoms with Gasteiger partial charge >= 0.3 is 0 Å². The molecule has 2 aromatic rings. The Morgan fingerprint density at radius 2 is 2.18 bits per heavy atom. The minimum absolute atomic E-state index is 0.368. The van der Waals surface area contributed by atoms with Gasteiger partial charge in [0.1, 0.15) is 0 Å². The van der Waals surface area contributed by atoms with Gasteiger partial charge in [-0.3, -0.25) is 0 Å². The standard InChI is InChI=1S/C15H20N2/c1-12-10-13-6-3-4-9-17(13)14(12)15(11-16-2)7-5-8-15/h3-4,6,9-10,16H,5,7-8,11H2,1-2H3. The Hall–Kier alpha value is -1.28. The summed E-state index contributed by atoms with van der Waals surface area (Å²) in [5, 5.41) is 3.38. The lowest BCUT2D eigenvalue weighted by molar-refractivity contribution is 0.230. The Labute approximate surface area is 103 Å². The van der Waals surface area contributed by atoms with Crippen LogP contribution in [0.2, 0.25) is 0 Å². The van der Waals surface area contributed by atoms with Crippen molar-refractivity contribution in [1.82, 2.24) is 9.72 Å². The highest BCUT2D eigenvalue weighted by molar-refractivity contribution is 5.55. The van der Waals surface area contributed by atoms with Gasteiger partial charge in [-0.2, -0.15) is 0 Å². The first-order chi connectivity index (χ1) is 8.27. The number of likely N-dealkylation sites (N-methyl/N-ethyl adjacent to an activating group) is 1. The van der Waals surface area contributed by atoms with Crippen molar-refractivity contribution in [2.75, 3.05) is 13.6 Å². The van der Waals surface area contributed by atoms with Crippen molar-refractivity contribution in [3.05, 3.63) is 41.7 Å². The van der Waals surface area contributed by atoms with E-state index in [2.05, 4.69) is 54.2 Å². The average Bonchev–Trinajstić information content (AvgIpc) is 2.60. The molecule has 1 aliphatic rings. The van der Waals surface area contributed by atoms with Gasteiger partial charge in [-0.1, -0.05) is 12.5 Å². The van der Waals surface area contributed by atoms with E-state index in [-0.39, 0.29) is 0 Å². The van der Waals surface area contributed by atoms with Crippen molar-refractivity contribution < 1.29 is 0 Å². The van der Waals surface area contributed by atoms with E-state index >= 15 is 0 Å². The van der Waals surface area contributed by atoms with E-state index in [1.54, 1.807) is 0 Å². The fourth-order valence-electron chi connectivity index (χ4n) is 3.37. The molecule has 2 heteroatoms. The second-order valence-corrected chi connectivity index (χ2v) is 5.34. The van der Waals surface area contributed by atoms with Crippen LogP contribution in [0.5, 0.6) is 0 Å². The summed E-state index contributed by atoms with van der Waals surface area (Å²) in [6, 6.07) is 8.75. The van der Waals surface area contributed by atoms with Gasteiger partial charge in [-0.05, 0) is 50.6 Å². The lowest BCUT2D eigenvalue weighted by Gasteiger charge is -2.42. The molecule has 1 aliphatic carbocycles. The molecule has 0 unspecified atom stereocenters. The molecular formula is C15H20N2. The number of rotatable bonds is 3. The second kappa shape index (κ2) is 3.88. The van der Waals surface area contributed by atoms with Gasteiger partial charge in [-0.15, -0.1) is 0 Å². The number of nitrogens with zero attached hydrogens (tertiary/aromatic N) is 1. The summed E-state index contributed by atoms with van der Waals surface area (Å²) in [5.74, 6) is 0. The molecule has 2 heterocycles. The summed E-state index contributed by atoms with van der Waals surface area (Å²) in [6.45, 7) is 3.34. The smallest absolute Gasteiger partial charge is 0.0455 e. The van der Waals surface area contributed by atoms with Crippen LogP contribution in [0.3, 0.4) is 0 Å². The zero-order valence-electron chi connectivity index (χ0n) is 10.7. The molecule has 0 radical (unpaired) electrons. The normalized spacial score (nSPS) is 18.2. The minimum atomic E-state index is 0.368. The fraction of sp³-hybridized carbons (Fsp3) is 0.467. The van der Waals surface area contributed by atoms with Gasteiger partial charge in [0, 0.05) is 29.4 Å². The Bertz CT molecular complexity index is 535. The predicted octanol–water partition coefficient (Wildman–Crippen LogP) is 2.89. The third-order valence-electron chi connectivity index (χ3n) is 4.20. The van der Waals surface area contributed by atoms with Crippen molar-refractivity contribution >= 4 is 5.52 Å². The number of aryl methyl sites for hydroxylation is 1. The van der Waals surface area contributed by atoms with E-state index in [9.17, 15) is 0 Å². The van der Waals surface area contributed by atoms with Crippen LogP contribution in [0.1, 0.15) is 30.5 Å². The Kier molecular flexibility index (Phi) is 2.48. The molecule has 17 heavy (non-hydrogen) atoms. The monoisotopic (exact) mass is 228 g/mol. The van der Waals surface area contributed by atoms with E-state index in [4.69, 9.17) is 0 Å². The third-order valence-corrected chi connectivity index (χ3v) is 4.20. The molecule has 2 aromatic heterocycles. The first-order valence-corrected chi connectivity index (χ1v) is 6.49. The maximum Gasteiger partial charge on any atom is 0.0455 e. The fourth-order valence-corrected chi connectivity index (χ4v) is 3.37. The number of hydrogen-bond acceptors (Lipinski definition) is 1. The summed E-state index contributed by atoms with van der Waals surface area (Å²) in [7, 11) is 2.06. The van der Waals surface area contributed by atoms with Gasteiger partial charge in [0.05, 0.1) is 0 Å². The molecule has 0 spiro atoms. The van der Waals surface area contributed by atoms with Gasteiger partial charge < -0.3 is 9.72 Å². The van der Waals surface area contributed by atoms with Crippen LogP contribution >= 0.6 is 0 Å². The molecule has 2 nitrogen and oxygen atoms in total. The third kappa shape index (κ3) is 1.51. The first-order valence-electron chi connectivity index (χ1n) is 6.49. The number of aromatic nitrogens is 1. The van der Waals surface area contributed by atoms with Gasteiger partial charge in [0.15, 0.2) is 0 Å². The van der Waals surface area contributed by atoms with Crippen LogP contribution in [0, 0.1) is 6.92 Å². The minimum Gasteiger partial charge on any atom is -0.320 e. The van der Waals surface area contributed by atoms with Crippen LogP contribution < -0.4 is 5.32 Å². The zero-order chi connectivity index (χ0) is 11.9. The van der Waals surface area contributed by atoms with E-state index in [1.807, 2.05) is 0 Å². The maximum atomic E-state index is 3.38. The molecule has 0 aromatic carbocycles. The molecule has 1 N–H and O–H groups in total. The molecule has 0 amide bonds. The van der Waals surface area contributed by atoms with Crippen molar-refractivity contribution in [1.29, 1.82) is 0 Å². The van der Waals surface area contributed by atoms with Crippen molar-refractivity contribution in [3.63, 3.8) is 0 Å². The number of hydrogen-bond donors (Lipinski definition) is 1. The molecule has 90 valence electrons. The SMILES string of the molecule is CNCC1(c2c(C)cc3ccccn23)CCC1. The molecule has 1 saturated carbocycles. The van der Waals surface area contributed by atoms with Gasteiger partial charge in [0.25, 0.3) is 0 Å². The average molecular weight is 228 g/mol. The highest BCUT2D eigenvalue weighted by atomic mass is 14.9.